The third-order valence-corrected chi connectivity index (χ3v) is 3.71. The number of carbonyl (C=O) groups is 1. The number of halogens is 3. The predicted molar refractivity (Wildman–Crippen MR) is 73.9 cm³/mol. The van der Waals surface area contributed by atoms with Crippen molar-refractivity contribution in [2.24, 2.45) is 0 Å². The maximum atomic E-state index is 12.8. The van der Waals surface area contributed by atoms with Crippen LogP contribution >= 0.6 is 0 Å². The van der Waals surface area contributed by atoms with E-state index in [-0.39, 0.29) is 17.3 Å². The van der Waals surface area contributed by atoms with Crippen molar-refractivity contribution in [2.45, 2.75) is 18.6 Å². The van der Waals surface area contributed by atoms with E-state index in [0.717, 1.165) is 18.6 Å². The molecule has 1 saturated heterocycles. The number of carbonyl (C=O) groups excluding carboxylic acids is 1. The molecule has 1 heterocycles. The zero-order chi connectivity index (χ0) is 15.8. The van der Waals surface area contributed by atoms with Gasteiger partial charge in [-0.3, -0.25) is 4.79 Å². The second kappa shape index (κ2) is 5.55. The van der Waals surface area contributed by atoms with Gasteiger partial charge in [-0.1, -0.05) is 0 Å². The van der Waals surface area contributed by atoms with Crippen LogP contribution in [0.5, 0.6) is 0 Å². The monoisotopic (exact) mass is 301 g/mol. The van der Waals surface area contributed by atoms with Crippen LogP contribution in [0, 0.1) is 0 Å². The van der Waals surface area contributed by atoms with E-state index in [1.54, 1.807) is 4.90 Å². The zero-order valence-corrected chi connectivity index (χ0v) is 11.9. The molecule has 1 atom stereocenters. The molecule has 0 aliphatic carbocycles. The number of alkyl halides is 3. The topological polar surface area (TPSA) is 49.6 Å². The summed E-state index contributed by atoms with van der Waals surface area (Å²) in [5.74, 6) is -0.405. The third kappa shape index (κ3) is 3.47. The number of amides is 1. The Labute approximate surface area is 121 Å². The second-order valence-electron chi connectivity index (χ2n) is 5.50. The van der Waals surface area contributed by atoms with Crippen LogP contribution in [0.2, 0.25) is 0 Å². The van der Waals surface area contributed by atoms with Crippen LogP contribution in [0.1, 0.15) is 22.3 Å². The van der Waals surface area contributed by atoms with Crippen LogP contribution in [0.15, 0.2) is 18.2 Å². The molecule has 21 heavy (non-hydrogen) atoms. The van der Waals surface area contributed by atoms with Crippen molar-refractivity contribution in [3.05, 3.63) is 29.3 Å². The van der Waals surface area contributed by atoms with E-state index in [4.69, 9.17) is 5.73 Å². The Balaban J connectivity index is 2.22. The van der Waals surface area contributed by atoms with Gasteiger partial charge in [-0.05, 0) is 38.7 Å². The first kappa shape index (κ1) is 15.6. The number of hydrogen-bond acceptors (Lipinski definition) is 3. The number of likely N-dealkylation sites (N-methyl/N-ethyl adjacent to an activating group) is 1. The summed E-state index contributed by atoms with van der Waals surface area (Å²) in [7, 11) is 3.84. The van der Waals surface area contributed by atoms with Crippen molar-refractivity contribution in [1.29, 1.82) is 0 Å². The average Bonchev–Trinajstić information content (AvgIpc) is 2.85. The first-order chi connectivity index (χ1) is 9.68. The van der Waals surface area contributed by atoms with E-state index >= 15 is 0 Å². The number of hydrogen-bond donors (Lipinski definition) is 1. The van der Waals surface area contributed by atoms with Crippen LogP contribution in [0.3, 0.4) is 0 Å². The quantitative estimate of drug-likeness (QED) is 0.851. The first-order valence-corrected chi connectivity index (χ1v) is 6.62. The van der Waals surface area contributed by atoms with Gasteiger partial charge in [0.1, 0.15) is 0 Å². The molecule has 0 radical (unpaired) electrons. The first-order valence-electron chi connectivity index (χ1n) is 6.62. The molecule has 1 aromatic rings. The van der Waals surface area contributed by atoms with Crippen LogP contribution < -0.4 is 5.73 Å². The maximum Gasteiger partial charge on any atom is 0.416 e. The molecule has 1 aromatic carbocycles. The van der Waals surface area contributed by atoms with E-state index in [9.17, 15) is 18.0 Å². The molecule has 0 aromatic heterocycles. The number of rotatable bonds is 2. The highest BCUT2D eigenvalue weighted by atomic mass is 19.4. The molecule has 0 bridgehead atoms. The predicted octanol–water partition coefficient (Wildman–Crippen LogP) is 2.06. The number of nitrogen functional groups attached to an aromatic ring is 1. The van der Waals surface area contributed by atoms with Gasteiger partial charge in [0.25, 0.3) is 5.91 Å². The van der Waals surface area contributed by atoms with E-state index in [0.29, 0.717) is 13.1 Å². The van der Waals surface area contributed by atoms with Crippen molar-refractivity contribution in [1.82, 2.24) is 9.80 Å². The van der Waals surface area contributed by atoms with Crippen molar-refractivity contribution in [3.8, 4) is 0 Å². The molecular formula is C14H18F3N3O. The van der Waals surface area contributed by atoms with Crippen molar-refractivity contribution < 1.29 is 18.0 Å². The Bertz CT molecular complexity index is 543. The smallest absolute Gasteiger partial charge is 0.399 e. The highest BCUT2D eigenvalue weighted by Gasteiger charge is 2.33. The maximum absolute atomic E-state index is 12.8. The highest BCUT2D eigenvalue weighted by Crippen LogP contribution is 2.31. The molecule has 0 spiro atoms. The lowest BCUT2D eigenvalue weighted by atomic mass is 10.1. The highest BCUT2D eigenvalue weighted by molar-refractivity contribution is 5.95. The lowest BCUT2D eigenvalue weighted by molar-refractivity contribution is -0.137. The van der Waals surface area contributed by atoms with Gasteiger partial charge >= 0.3 is 6.18 Å². The Morgan fingerprint density at radius 3 is 2.52 bits per heavy atom. The zero-order valence-electron chi connectivity index (χ0n) is 11.9. The standard InChI is InChI=1S/C14H18F3N3O/c1-19(2)12-3-4-20(8-12)13(21)9-5-10(14(15,16)17)7-11(18)6-9/h5-7,12H,3-4,8,18H2,1-2H3/t12-/m1/s1. The fourth-order valence-electron chi connectivity index (χ4n) is 2.47. The summed E-state index contributed by atoms with van der Waals surface area (Å²) in [4.78, 5) is 15.9. The van der Waals surface area contributed by atoms with Crippen LogP contribution in [-0.2, 0) is 6.18 Å². The summed E-state index contributed by atoms with van der Waals surface area (Å²) in [6, 6.07) is 3.23. The molecular weight excluding hydrogens is 283 g/mol. The fourth-order valence-corrected chi connectivity index (χ4v) is 2.47. The van der Waals surface area contributed by atoms with Crippen molar-refractivity contribution in [2.75, 3.05) is 32.9 Å². The van der Waals surface area contributed by atoms with Gasteiger partial charge in [0.05, 0.1) is 5.56 Å². The van der Waals surface area contributed by atoms with E-state index in [1.807, 2.05) is 19.0 Å². The molecule has 116 valence electrons. The number of nitrogens with two attached hydrogens (primary N) is 1. The summed E-state index contributed by atoms with van der Waals surface area (Å²) >= 11 is 0. The second-order valence-corrected chi connectivity index (χ2v) is 5.50. The molecule has 2 rings (SSSR count). The number of anilines is 1. The van der Waals surface area contributed by atoms with Crippen LogP contribution in [0.25, 0.3) is 0 Å². The minimum absolute atomic E-state index is 0.0123. The molecule has 0 unspecified atom stereocenters. The SMILES string of the molecule is CN(C)[C@@H]1CCN(C(=O)c2cc(N)cc(C(F)(F)F)c2)C1. The van der Waals surface area contributed by atoms with Crippen molar-refractivity contribution in [3.63, 3.8) is 0 Å². The summed E-state index contributed by atoms with van der Waals surface area (Å²) in [5, 5.41) is 0. The Kier molecular flexibility index (Phi) is 4.13. The molecule has 4 nitrogen and oxygen atoms in total. The Morgan fingerprint density at radius 2 is 2.00 bits per heavy atom. The van der Waals surface area contributed by atoms with E-state index < -0.39 is 17.6 Å². The van der Waals surface area contributed by atoms with Gasteiger partial charge in [0.15, 0.2) is 0 Å². The Hall–Kier alpha value is -1.76. The minimum atomic E-state index is -4.51. The van der Waals surface area contributed by atoms with Crippen molar-refractivity contribution >= 4 is 11.6 Å². The summed E-state index contributed by atoms with van der Waals surface area (Å²) in [6.45, 7) is 1.06. The fraction of sp³-hybridized carbons (Fsp3) is 0.500. The molecule has 0 saturated carbocycles. The van der Waals surface area contributed by atoms with Gasteiger partial charge < -0.3 is 15.5 Å². The van der Waals surface area contributed by atoms with Crippen LogP contribution in [-0.4, -0.2) is 48.9 Å². The van der Waals surface area contributed by atoms with Gasteiger partial charge in [-0.25, -0.2) is 0 Å². The van der Waals surface area contributed by atoms with Gasteiger partial charge in [0.2, 0.25) is 0 Å². The molecule has 7 heteroatoms. The van der Waals surface area contributed by atoms with Crippen LogP contribution in [0.4, 0.5) is 18.9 Å². The summed E-state index contributed by atoms with van der Waals surface area (Å²) in [6.07, 6.45) is -3.70. The normalized spacial score (nSPS) is 19.3. The summed E-state index contributed by atoms with van der Waals surface area (Å²) in [5.41, 5.74) is 4.52. The largest absolute Gasteiger partial charge is 0.416 e. The number of benzene rings is 1. The number of likely N-dealkylation sites (tertiary alicyclic amines) is 1. The molecule has 1 aliphatic heterocycles. The number of nitrogens with zero attached hydrogens (tertiary/aromatic N) is 2. The lowest BCUT2D eigenvalue weighted by Gasteiger charge is -2.21. The van der Waals surface area contributed by atoms with Gasteiger partial charge in [-0.2, -0.15) is 13.2 Å². The molecule has 2 N–H and O–H groups in total. The molecule has 1 aliphatic rings. The Morgan fingerprint density at radius 1 is 1.33 bits per heavy atom. The minimum Gasteiger partial charge on any atom is -0.399 e. The lowest BCUT2D eigenvalue weighted by Crippen LogP contribution is -2.34. The summed E-state index contributed by atoms with van der Waals surface area (Å²) < 4.78 is 38.3. The molecule has 1 amide bonds. The average molecular weight is 301 g/mol. The van der Waals surface area contributed by atoms with Gasteiger partial charge in [-0.15, -0.1) is 0 Å². The van der Waals surface area contributed by atoms with E-state index in [1.165, 1.54) is 6.07 Å². The molecule has 1 fully saturated rings. The van der Waals surface area contributed by atoms with E-state index in [2.05, 4.69) is 0 Å². The third-order valence-electron chi connectivity index (χ3n) is 3.71. The van der Waals surface area contributed by atoms with Gasteiger partial charge in [0, 0.05) is 30.4 Å².